The molecule has 7 heteroatoms. The lowest BCUT2D eigenvalue weighted by Crippen LogP contribution is -2.38. The summed E-state index contributed by atoms with van der Waals surface area (Å²) in [5.74, 6) is -1.20. The first-order valence-electron chi connectivity index (χ1n) is 8.95. The number of nitrogens with zero attached hydrogens (tertiary/aromatic N) is 3. The van der Waals surface area contributed by atoms with Crippen LogP contribution in [0, 0.1) is 5.92 Å². The van der Waals surface area contributed by atoms with Crippen molar-refractivity contribution in [2.24, 2.45) is 5.92 Å². The van der Waals surface area contributed by atoms with Crippen LogP contribution in [0.15, 0.2) is 47.3 Å². The second kappa shape index (κ2) is 9.66. The Morgan fingerprint density at radius 1 is 1.19 bits per heavy atom. The minimum atomic E-state index is -0.482. The van der Waals surface area contributed by atoms with Gasteiger partial charge in [0.15, 0.2) is 0 Å². The Bertz CT molecular complexity index is 833. The van der Waals surface area contributed by atoms with Crippen LogP contribution in [0.3, 0.4) is 0 Å². The fourth-order valence-corrected chi connectivity index (χ4v) is 2.73. The Balaban J connectivity index is 2.30. The Hall–Kier alpha value is -2.96. The van der Waals surface area contributed by atoms with Gasteiger partial charge in [-0.1, -0.05) is 44.2 Å². The highest BCUT2D eigenvalue weighted by Crippen LogP contribution is 2.12. The molecule has 0 aliphatic carbocycles. The molecule has 2 aromatic rings. The van der Waals surface area contributed by atoms with E-state index in [0.717, 1.165) is 12.0 Å². The molecule has 0 aliphatic rings. The van der Waals surface area contributed by atoms with Crippen molar-refractivity contribution < 1.29 is 14.3 Å². The van der Waals surface area contributed by atoms with Crippen molar-refractivity contribution in [1.82, 2.24) is 14.7 Å². The van der Waals surface area contributed by atoms with E-state index in [9.17, 15) is 14.4 Å². The van der Waals surface area contributed by atoms with E-state index in [-0.39, 0.29) is 29.7 Å². The first-order valence-corrected chi connectivity index (χ1v) is 8.95. The van der Waals surface area contributed by atoms with Gasteiger partial charge in [0.25, 0.3) is 11.5 Å². The molecule has 0 aliphatic heterocycles. The molecule has 1 heterocycles. The number of ether oxygens (including phenoxy) is 1. The quantitative estimate of drug-likeness (QED) is 0.664. The van der Waals surface area contributed by atoms with Crippen LogP contribution in [0.25, 0.3) is 0 Å². The Kier molecular flexibility index (Phi) is 7.28. The monoisotopic (exact) mass is 371 g/mol. The van der Waals surface area contributed by atoms with Crippen molar-refractivity contribution in [1.29, 1.82) is 0 Å². The summed E-state index contributed by atoms with van der Waals surface area (Å²) in [5.41, 5.74) is 0.867. The molecule has 0 bridgehead atoms. The Morgan fingerprint density at radius 3 is 2.52 bits per heavy atom. The largest absolute Gasteiger partial charge is 0.469 e. The highest BCUT2D eigenvalue weighted by Gasteiger charge is 2.24. The van der Waals surface area contributed by atoms with Gasteiger partial charge in [0.05, 0.1) is 13.0 Å². The smallest absolute Gasteiger partial charge is 0.310 e. The molecule has 0 fully saturated rings. The highest BCUT2D eigenvalue weighted by molar-refractivity contribution is 5.92. The number of hydrogen-bond donors (Lipinski definition) is 0. The zero-order valence-electron chi connectivity index (χ0n) is 15.9. The van der Waals surface area contributed by atoms with Crippen molar-refractivity contribution >= 4 is 11.9 Å². The second-order valence-electron chi connectivity index (χ2n) is 6.38. The molecule has 1 atom stereocenters. The molecule has 0 spiro atoms. The first kappa shape index (κ1) is 20.4. The highest BCUT2D eigenvalue weighted by atomic mass is 16.5. The van der Waals surface area contributed by atoms with Crippen molar-refractivity contribution in [2.75, 3.05) is 13.7 Å². The maximum Gasteiger partial charge on any atom is 0.310 e. The molecule has 144 valence electrons. The summed E-state index contributed by atoms with van der Waals surface area (Å²) in [4.78, 5) is 38.3. The lowest BCUT2D eigenvalue weighted by atomic mass is 10.1. The maximum absolute atomic E-state index is 13.1. The van der Waals surface area contributed by atoms with Gasteiger partial charge in [0.1, 0.15) is 5.69 Å². The summed E-state index contributed by atoms with van der Waals surface area (Å²) in [6.07, 6.45) is 0.734. The average Bonchev–Trinajstić information content (AvgIpc) is 2.68. The third-order valence-corrected chi connectivity index (χ3v) is 4.12. The SMILES string of the molecule is CCCn1nc(C(=O)N(Cc2ccccc2)CC(C)C(=O)OC)ccc1=O. The van der Waals surface area contributed by atoms with Gasteiger partial charge in [-0.05, 0) is 18.1 Å². The fourth-order valence-electron chi connectivity index (χ4n) is 2.73. The minimum absolute atomic E-state index is 0.177. The van der Waals surface area contributed by atoms with Gasteiger partial charge < -0.3 is 9.64 Å². The van der Waals surface area contributed by atoms with E-state index in [1.54, 1.807) is 11.8 Å². The van der Waals surface area contributed by atoms with E-state index in [1.807, 2.05) is 37.3 Å². The number of rotatable bonds is 8. The molecule has 7 nitrogen and oxygen atoms in total. The molecule has 1 amide bonds. The van der Waals surface area contributed by atoms with Crippen molar-refractivity contribution in [2.45, 2.75) is 33.4 Å². The average molecular weight is 371 g/mol. The molecular formula is C20H25N3O4. The molecule has 1 aromatic carbocycles. The van der Waals surface area contributed by atoms with E-state index in [4.69, 9.17) is 4.74 Å². The predicted octanol–water partition coefficient (Wildman–Crippen LogP) is 2.10. The van der Waals surface area contributed by atoms with Crippen molar-refractivity contribution in [3.8, 4) is 0 Å². The van der Waals surface area contributed by atoms with Crippen LogP contribution in [0.2, 0.25) is 0 Å². The van der Waals surface area contributed by atoms with E-state index >= 15 is 0 Å². The van der Waals surface area contributed by atoms with Crippen LogP contribution in [-0.2, 0) is 22.6 Å². The lowest BCUT2D eigenvalue weighted by Gasteiger charge is -2.25. The third-order valence-electron chi connectivity index (χ3n) is 4.12. The lowest BCUT2D eigenvalue weighted by molar-refractivity contribution is -0.145. The van der Waals surface area contributed by atoms with Gasteiger partial charge in [-0.3, -0.25) is 14.4 Å². The molecule has 0 saturated heterocycles. The van der Waals surface area contributed by atoms with Crippen LogP contribution in [0.5, 0.6) is 0 Å². The van der Waals surface area contributed by atoms with E-state index in [2.05, 4.69) is 5.10 Å². The van der Waals surface area contributed by atoms with Crippen LogP contribution in [-0.4, -0.2) is 40.2 Å². The Morgan fingerprint density at radius 2 is 1.89 bits per heavy atom. The van der Waals surface area contributed by atoms with Gasteiger partial charge in [-0.15, -0.1) is 0 Å². The molecule has 27 heavy (non-hydrogen) atoms. The van der Waals surface area contributed by atoms with Crippen LogP contribution >= 0.6 is 0 Å². The third kappa shape index (κ3) is 5.51. The fraction of sp³-hybridized carbons (Fsp3) is 0.400. The number of aromatic nitrogens is 2. The van der Waals surface area contributed by atoms with E-state index in [1.165, 1.54) is 23.9 Å². The molecule has 1 unspecified atom stereocenters. The number of benzene rings is 1. The zero-order chi connectivity index (χ0) is 19.8. The molecule has 0 saturated carbocycles. The molecule has 0 radical (unpaired) electrons. The van der Waals surface area contributed by atoms with Gasteiger partial charge in [0, 0.05) is 25.7 Å². The van der Waals surface area contributed by atoms with Crippen LogP contribution < -0.4 is 5.56 Å². The van der Waals surface area contributed by atoms with Gasteiger partial charge >= 0.3 is 5.97 Å². The Labute approximate surface area is 158 Å². The molecular weight excluding hydrogens is 346 g/mol. The minimum Gasteiger partial charge on any atom is -0.469 e. The summed E-state index contributed by atoms with van der Waals surface area (Å²) in [6, 6.07) is 12.3. The normalized spacial score (nSPS) is 11.7. The summed E-state index contributed by atoms with van der Waals surface area (Å²) in [7, 11) is 1.32. The maximum atomic E-state index is 13.1. The summed E-state index contributed by atoms with van der Waals surface area (Å²) < 4.78 is 6.07. The number of carbonyl (C=O) groups excluding carboxylic acids is 2. The van der Waals surface area contributed by atoms with Crippen molar-refractivity contribution in [3.05, 3.63) is 64.1 Å². The number of carbonyl (C=O) groups is 2. The molecule has 1 aromatic heterocycles. The zero-order valence-corrected chi connectivity index (χ0v) is 15.9. The second-order valence-corrected chi connectivity index (χ2v) is 6.38. The molecule has 0 N–H and O–H groups in total. The van der Waals surface area contributed by atoms with Gasteiger partial charge in [-0.25, -0.2) is 4.68 Å². The van der Waals surface area contributed by atoms with Crippen LogP contribution in [0.4, 0.5) is 0 Å². The molecule has 2 rings (SSSR count). The number of aryl methyl sites for hydroxylation is 1. The standard InChI is InChI=1S/C20H25N3O4/c1-4-12-23-18(24)11-10-17(21-23)19(25)22(13-15(2)20(26)27-3)14-16-8-6-5-7-9-16/h5-11,15H,4,12-14H2,1-3H3. The summed E-state index contributed by atoms with van der Waals surface area (Å²) in [5, 5.41) is 4.19. The summed E-state index contributed by atoms with van der Waals surface area (Å²) >= 11 is 0. The van der Waals surface area contributed by atoms with E-state index in [0.29, 0.717) is 13.1 Å². The number of hydrogen-bond acceptors (Lipinski definition) is 5. The van der Waals surface area contributed by atoms with Gasteiger partial charge in [-0.2, -0.15) is 5.10 Å². The topological polar surface area (TPSA) is 81.5 Å². The van der Waals surface area contributed by atoms with Crippen LogP contribution in [0.1, 0.15) is 36.3 Å². The first-order chi connectivity index (χ1) is 13.0. The number of methoxy groups -OCH3 is 1. The van der Waals surface area contributed by atoms with Crippen molar-refractivity contribution in [3.63, 3.8) is 0 Å². The number of amides is 1. The summed E-state index contributed by atoms with van der Waals surface area (Å²) in [6.45, 7) is 4.60. The van der Waals surface area contributed by atoms with Gasteiger partial charge in [0.2, 0.25) is 0 Å². The number of esters is 1. The predicted molar refractivity (Wildman–Crippen MR) is 101 cm³/mol. The van der Waals surface area contributed by atoms with E-state index < -0.39 is 5.92 Å².